The van der Waals surface area contributed by atoms with Crippen LogP contribution < -0.4 is 5.32 Å². The molecule has 0 aromatic carbocycles. The van der Waals surface area contributed by atoms with Crippen LogP contribution in [0.4, 0.5) is 0 Å². The molecule has 0 spiro atoms. The first-order chi connectivity index (χ1) is 8.70. The quantitative estimate of drug-likeness (QED) is 0.723. The highest BCUT2D eigenvalue weighted by atomic mass is 16.5. The highest BCUT2D eigenvalue weighted by Gasteiger charge is 2.28. The third-order valence-electron chi connectivity index (χ3n) is 3.32. The van der Waals surface area contributed by atoms with Crippen molar-refractivity contribution in [1.29, 1.82) is 0 Å². The minimum Gasteiger partial charge on any atom is -0.501 e. The minimum atomic E-state index is 0.231. The lowest BCUT2D eigenvalue weighted by Gasteiger charge is -2.33. The molecule has 0 aliphatic carbocycles. The Bertz CT molecular complexity index is 251. The summed E-state index contributed by atoms with van der Waals surface area (Å²) in [6.45, 7) is 11.4. The van der Waals surface area contributed by atoms with Crippen LogP contribution in [-0.4, -0.2) is 31.9 Å². The van der Waals surface area contributed by atoms with E-state index in [-0.39, 0.29) is 6.10 Å². The van der Waals surface area contributed by atoms with Gasteiger partial charge in [0.1, 0.15) is 0 Å². The smallest absolute Gasteiger partial charge is 0.0876 e. The molecular weight excluding hydrogens is 226 g/mol. The fourth-order valence-electron chi connectivity index (χ4n) is 2.44. The Hall–Kier alpha value is -0.540. The van der Waals surface area contributed by atoms with Gasteiger partial charge in [-0.05, 0) is 44.2 Å². The predicted molar refractivity (Wildman–Crippen MR) is 75.6 cm³/mol. The van der Waals surface area contributed by atoms with Crippen LogP contribution in [0.3, 0.4) is 0 Å². The van der Waals surface area contributed by atoms with Crippen molar-refractivity contribution in [1.82, 2.24) is 5.32 Å². The summed E-state index contributed by atoms with van der Waals surface area (Å²) in [5.41, 5.74) is 1.36. The molecule has 0 bridgehead atoms. The first-order valence-electron chi connectivity index (χ1n) is 7.36. The Labute approximate surface area is 112 Å². The van der Waals surface area contributed by atoms with Crippen LogP contribution in [0.5, 0.6) is 0 Å². The Morgan fingerprint density at radius 1 is 1.39 bits per heavy atom. The van der Waals surface area contributed by atoms with Gasteiger partial charge in [-0.1, -0.05) is 20.8 Å². The molecule has 3 heteroatoms. The molecule has 2 unspecified atom stereocenters. The SMILES string of the molecule is CCCNC(C1=COCCC1)C(OCC)C(C)C. The molecule has 1 heterocycles. The molecule has 0 fully saturated rings. The van der Waals surface area contributed by atoms with E-state index in [4.69, 9.17) is 9.47 Å². The van der Waals surface area contributed by atoms with Gasteiger partial charge in [0.15, 0.2) is 0 Å². The molecule has 0 saturated carbocycles. The molecule has 0 radical (unpaired) electrons. The summed E-state index contributed by atoms with van der Waals surface area (Å²) < 4.78 is 11.5. The minimum absolute atomic E-state index is 0.231. The molecule has 1 N–H and O–H groups in total. The number of ether oxygens (including phenoxy) is 2. The standard InChI is InChI=1S/C15H29NO2/c1-5-9-16-14(13-8-7-10-17-11-13)15(12(3)4)18-6-2/h11-12,14-16H,5-10H2,1-4H3. The molecule has 1 aliphatic rings. The molecule has 0 aromatic rings. The molecule has 0 amide bonds. The van der Waals surface area contributed by atoms with E-state index in [0.29, 0.717) is 12.0 Å². The summed E-state index contributed by atoms with van der Waals surface area (Å²) in [7, 11) is 0. The highest BCUT2D eigenvalue weighted by molar-refractivity contribution is 5.13. The second-order valence-electron chi connectivity index (χ2n) is 5.26. The van der Waals surface area contributed by atoms with E-state index in [1.807, 2.05) is 6.26 Å². The van der Waals surface area contributed by atoms with Crippen molar-refractivity contribution < 1.29 is 9.47 Å². The van der Waals surface area contributed by atoms with Crippen molar-refractivity contribution in [3.05, 3.63) is 11.8 Å². The molecule has 106 valence electrons. The zero-order chi connectivity index (χ0) is 13.4. The van der Waals surface area contributed by atoms with Crippen LogP contribution in [0, 0.1) is 5.92 Å². The second kappa shape index (κ2) is 8.54. The fourth-order valence-corrected chi connectivity index (χ4v) is 2.44. The van der Waals surface area contributed by atoms with Crippen molar-refractivity contribution >= 4 is 0 Å². The maximum absolute atomic E-state index is 5.96. The zero-order valence-corrected chi connectivity index (χ0v) is 12.4. The van der Waals surface area contributed by atoms with Gasteiger partial charge in [0.2, 0.25) is 0 Å². The Morgan fingerprint density at radius 3 is 2.67 bits per heavy atom. The van der Waals surface area contributed by atoms with E-state index in [1.165, 1.54) is 5.57 Å². The lowest BCUT2D eigenvalue weighted by atomic mass is 9.90. The van der Waals surface area contributed by atoms with Crippen molar-refractivity contribution in [3.8, 4) is 0 Å². The van der Waals surface area contributed by atoms with Gasteiger partial charge in [0, 0.05) is 6.61 Å². The normalized spacial score (nSPS) is 19.3. The predicted octanol–water partition coefficient (Wildman–Crippen LogP) is 3.11. The first-order valence-corrected chi connectivity index (χ1v) is 7.36. The topological polar surface area (TPSA) is 30.5 Å². The molecular formula is C15H29NO2. The van der Waals surface area contributed by atoms with Gasteiger partial charge in [-0.2, -0.15) is 0 Å². The number of rotatable bonds is 8. The van der Waals surface area contributed by atoms with E-state index < -0.39 is 0 Å². The zero-order valence-electron chi connectivity index (χ0n) is 12.4. The maximum Gasteiger partial charge on any atom is 0.0876 e. The van der Waals surface area contributed by atoms with Gasteiger partial charge >= 0.3 is 0 Å². The van der Waals surface area contributed by atoms with Gasteiger partial charge in [0.25, 0.3) is 0 Å². The number of hydrogen-bond acceptors (Lipinski definition) is 3. The third-order valence-corrected chi connectivity index (χ3v) is 3.32. The van der Waals surface area contributed by atoms with Crippen LogP contribution in [-0.2, 0) is 9.47 Å². The second-order valence-corrected chi connectivity index (χ2v) is 5.26. The van der Waals surface area contributed by atoms with Crippen molar-refractivity contribution in [3.63, 3.8) is 0 Å². The monoisotopic (exact) mass is 255 g/mol. The Morgan fingerprint density at radius 2 is 2.17 bits per heavy atom. The Balaban J connectivity index is 2.76. The maximum atomic E-state index is 5.96. The van der Waals surface area contributed by atoms with Crippen molar-refractivity contribution in [2.24, 2.45) is 5.92 Å². The molecule has 18 heavy (non-hydrogen) atoms. The van der Waals surface area contributed by atoms with E-state index in [0.717, 1.165) is 39.0 Å². The van der Waals surface area contributed by atoms with Gasteiger partial charge < -0.3 is 14.8 Å². The summed E-state index contributed by atoms with van der Waals surface area (Å²) in [4.78, 5) is 0. The summed E-state index contributed by atoms with van der Waals surface area (Å²) in [5.74, 6) is 0.502. The van der Waals surface area contributed by atoms with E-state index in [1.54, 1.807) is 0 Å². The molecule has 3 nitrogen and oxygen atoms in total. The van der Waals surface area contributed by atoms with Gasteiger partial charge in [0.05, 0.1) is 25.0 Å². The van der Waals surface area contributed by atoms with E-state index >= 15 is 0 Å². The summed E-state index contributed by atoms with van der Waals surface area (Å²) in [6.07, 6.45) is 5.56. The molecule has 2 atom stereocenters. The number of nitrogens with one attached hydrogen (secondary N) is 1. The lowest BCUT2D eigenvalue weighted by Crippen LogP contribution is -2.46. The van der Waals surface area contributed by atoms with Gasteiger partial charge in [-0.15, -0.1) is 0 Å². The summed E-state index contributed by atoms with van der Waals surface area (Å²) in [5, 5.41) is 3.63. The van der Waals surface area contributed by atoms with E-state index in [2.05, 4.69) is 33.0 Å². The molecule has 0 aromatic heterocycles. The van der Waals surface area contributed by atoms with Crippen LogP contribution in [0.15, 0.2) is 11.8 Å². The lowest BCUT2D eigenvalue weighted by molar-refractivity contribution is 0.00943. The van der Waals surface area contributed by atoms with Crippen LogP contribution in [0.2, 0.25) is 0 Å². The summed E-state index contributed by atoms with van der Waals surface area (Å²) in [6, 6.07) is 0.296. The van der Waals surface area contributed by atoms with E-state index in [9.17, 15) is 0 Å². The Kier molecular flexibility index (Phi) is 7.36. The number of hydrogen-bond donors (Lipinski definition) is 1. The highest BCUT2D eigenvalue weighted by Crippen LogP contribution is 2.23. The molecule has 1 aliphatic heterocycles. The summed E-state index contributed by atoms with van der Waals surface area (Å²) >= 11 is 0. The average Bonchev–Trinajstić information content (AvgIpc) is 2.39. The largest absolute Gasteiger partial charge is 0.501 e. The van der Waals surface area contributed by atoms with Crippen molar-refractivity contribution in [2.45, 2.75) is 59.1 Å². The van der Waals surface area contributed by atoms with Crippen LogP contribution in [0.1, 0.15) is 47.0 Å². The molecule has 0 saturated heterocycles. The van der Waals surface area contributed by atoms with Crippen LogP contribution >= 0.6 is 0 Å². The van der Waals surface area contributed by atoms with Gasteiger partial charge in [-0.25, -0.2) is 0 Å². The van der Waals surface area contributed by atoms with Crippen molar-refractivity contribution in [2.75, 3.05) is 19.8 Å². The van der Waals surface area contributed by atoms with Gasteiger partial charge in [-0.3, -0.25) is 0 Å². The first kappa shape index (κ1) is 15.5. The molecule has 1 rings (SSSR count). The van der Waals surface area contributed by atoms with Crippen LogP contribution in [0.25, 0.3) is 0 Å². The fraction of sp³-hybridized carbons (Fsp3) is 0.867. The average molecular weight is 255 g/mol. The third kappa shape index (κ3) is 4.62.